The highest BCUT2D eigenvalue weighted by Gasteiger charge is 2.33. The average Bonchev–Trinajstić information content (AvgIpc) is 2.73. The van der Waals surface area contributed by atoms with E-state index in [-0.39, 0.29) is 5.69 Å². The van der Waals surface area contributed by atoms with Gasteiger partial charge in [-0.25, -0.2) is 0 Å². The molecule has 0 saturated heterocycles. The van der Waals surface area contributed by atoms with E-state index in [9.17, 15) is 23.3 Å². The molecule has 3 rings (SSSR count). The van der Waals surface area contributed by atoms with Crippen LogP contribution < -0.4 is 10.2 Å². The fourth-order valence-corrected chi connectivity index (χ4v) is 2.65. The predicted octanol–water partition coefficient (Wildman–Crippen LogP) is 6.29. The van der Waals surface area contributed by atoms with E-state index in [1.807, 2.05) is 12.1 Å². The molecule has 0 unspecified atom stereocenters. The normalized spacial score (nSPS) is 11.5. The van der Waals surface area contributed by atoms with Gasteiger partial charge in [-0.15, -0.1) is 0 Å². The Bertz CT molecular complexity index is 1090. The molecule has 1 N–H and O–H groups in total. The number of halogens is 4. The monoisotopic (exact) mass is 449 g/mol. The largest absolute Gasteiger partial charge is 0.489 e. The van der Waals surface area contributed by atoms with Gasteiger partial charge in [-0.05, 0) is 59.7 Å². The number of ether oxygens (including phenoxy) is 1. The molecule has 0 heterocycles. The van der Waals surface area contributed by atoms with Crippen molar-refractivity contribution in [2.45, 2.75) is 12.8 Å². The summed E-state index contributed by atoms with van der Waals surface area (Å²) in [4.78, 5) is 10.2. The molecule has 0 spiro atoms. The molecule has 0 aliphatic carbocycles. The summed E-state index contributed by atoms with van der Waals surface area (Å²) < 4.78 is 43.9. The first-order chi connectivity index (χ1) is 14.7. The minimum Gasteiger partial charge on any atom is -0.489 e. The van der Waals surface area contributed by atoms with Gasteiger partial charge in [0.1, 0.15) is 18.0 Å². The number of hydrogen-bond acceptors (Lipinski definition) is 5. The number of nitrogens with one attached hydrogen (secondary N) is 1. The Hall–Kier alpha value is -3.59. The molecule has 0 aliphatic heterocycles. The standard InChI is InChI=1S/C21H15ClF3N3O3/c22-17-6-1-15(2-7-17)13-31-18-8-3-14(4-9-18)12-26-27-19-10-5-16(21(23,24)25)11-20(19)28(29)30/h1-12,27H,13H2/b26-12-. The molecule has 0 atom stereocenters. The quantitative estimate of drug-likeness (QED) is 0.261. The van der Waals surface area contributed by atoms with Crippen LogP contribution in [0.4, 0.5) is 24.5 Å². The number of benzene rings is 3. The first-order valence-corrected chi connectivity index (χ1v) is 9.22. The number of hydrazone groups is 1. The van der Waals surface area contributed by atoms with Crippen LogP contribution in [0.3, 0.4) is 0 Å². The van der Waals surface area contributed by atoms with Crippen molar-refractivity contribution in [3.63, 3.8) is 0 Å². The third kappa shape index (κ3) is 6.19. The maximum atomic E-state index is 12.7. The fourth-order valence-electron chi connectivity index (χ4n) is 2.53. The summed E-state index contributed by atoms with van der Waals surface area (Å²) in [5.74, 6) is 0.624. The molecule has 0 amide bonds. The van der Waals surface area contributed by atoms with Crippen molar-refractivity contribution in [3.05, 3.63) is 98.6 Å². The summed E-state index contributed by atoms with van der Waals surface area (Å²) in [6, 6.07) is 16.3. The molecule has 6 nitrogen and oxygen atoms in total. The molecule has 160 valence electrons. The van der Waals surface area contributed by atoms with Gasteiger partial charge in [-0.3, -0.25) is 15.5 Å². The predicted molar refractivity (Wildman–Crippen MR) is 112 cm³/mol. The van der Waals surface area contributed by atoms with Crippen LogP contribution >= 0.6 is 11.6 Å². The van der Waals surface area contributed by atoms with Gasteiger partial charge in [0.2, 0.25) is 0 Å². The molecule has 0 aromatic heterocycles. The summed E-state index contributed by atoms with van der Waals surface area (Å²) >= 11 is 5.84. The molecule has 0 radical (unpaired) electrons. The van der Waals surface area contributed by atoms with Crippen LogP contribution in [0.25, 0.3) is 0 Å². The lowest BCUT2D eigenvalue weighted by atomic mass is 10.1. The maximum absolute atomic E-state index is 12.7. The topological polar surface area (TPSA) is 76.8 Å². The Kier molecular flexibility index (Phi) is 6.76. The fraction of sp³-hybridized carbons (Fsp3) is 0.0952. The molecule has 0 saturated carbocycles. The minimum atomic E-state index is -4.68. The van der Waals surface area contributed by atoms with Crippen molar-refractivity contribution in [2.75, 3.05) is 5.43 Å². The smallest absolute Gasteiger partial charge is 0.416 e. The summed E-state index contributed by atoms with van der Waals surface area (Å²) in [6.45, 7) is 0.365. The first-order valence-electron chi connectivity index (χ1n) is 8.84. The summed E-state index contributed by atoms with van der Waals surface area (Å²) in [6.07, 6.45) is -3.30. The third-order valence-electron chi connectivity index (χ3n) is 4.12. The zero-order chi connectivity index (χ0) is 22.4. The number of nitrogens with zero attached hydrogens (tertiary/aromatic N) is 2. The van der Waals surface area contributed by atoms with Crippen molar-refractivity contribution in [2.24, 2.45) is 5.10 Å². The van der Waals surface area contributed by atoms with Crippen LogP contribution in [0.1, 0.15) is 16.7 Å². The van der Waals surface area contributed by atoms with Gasteiger partial charge in [0.15, 0.2) is 0 Å². The summed E-state index contributed by atoms with van der Waals surface area (Å²) in [5, 5.41) is 15.6. The van der Waals surface area contributed by atoms with E-state index < -0.39 is 22.4 Å². The molecule has 3 aromatic rings. The second-order valence-corrected chi connectivity index (χ2v) is 6.78. The van der Waals surface area contributed by atoms with E-state index in [0.717, 1.165) is 17.7 Å². The molecule has 0 bridgehead atoms. The first kappa shape index (κ1) is 22.1. The minimum absolute atomic E-state index is 0.155. The highest BCUT2D eigenvalue weighted by molar-refractivity contribution is 6.30. The lowest BCUT2D eigenvalue weighted by Gasteiger charge is -2.08. The zero-order valence-corrected chi connectivity index (χ0v) is 16.5. The van der Waals surface area contributed by atoms with E-state index in [2.05, 4.69) is 10.5 Å². The molecule has 3 aromatic carbocycles. The third-order valence-corrected chi connectivity index (χ3v) is 4.37. The molecular weight excluding hydrogens is 435 g/mol. The van der Waals surface area contributed by atoms with Gasteiger partial charge in [0.25, 0.3) is 5.69 Å². The Balaban J connectivity index is 1.62. The van der Waals surface area contributed by atoms with E-state index in [0.29, 0.717) is 29.0 Å². The van der Waals surface area contributed by atoms with E-state index >= 15 is 0 Å². The molecule has 10 heteroatoms. The Morgan fingerprint density at radius 1 is 1.06 bits per heavy atom. The highest BCUT2D eigenvalue weighted by Crippen LogP contribution is 2.34. The van der Waals surface area contributed by atoms with Crippen LogP contribution in [0.15, 0.2) is 71.8 Å². The van der Waals surface area contributed by atoms with Crippen LogP contribution in [0, 0.1) is 10.1 Å². The number of rotatable bonds is 7. The van der Waals surface area contributed by atoms with Crippen LogP contribution in [-0.2, 0) is 12.8 Å². The van der Waals surface area contributed by atoms with Crippen LogP contribution in [-0.4, -0.2) is 11.1 Å². The van der Waals surface area contributed by atoms with Gasteiger partial charge in [-0.1, -0.05) is 23.7 Å². The SMILES string of the molecule is O=[N+]([O-])c1cc(C(F)(F)F)ccc1N/N=C\c1ccc(OCc2ccc(Cl)cc2)cc1. The maximum Gasteiger partial charge on any atom is 0.416 e. The van der Waals surface area contributed by atoms with Crippen molar-refractivity contribution in [1.82, 2.24) is 0 Å². The molecular formula is C21H15ClF3N3O3. The van der Waals surface area contributed by atoms with Crippen molar-refractivity contribution in [1.29, 1.82) is 0 Å². The average molecular weight is 450 g/mol. The second-order valence-electron chi connectivity index (χ2n) is 6.34. The van der Waals surface area contributed by atoms with Crippen molar-refractivity contribution in [3.8, 4) is 5.75 Å². The lowest BCUT2D eigenvalue weighted by molar-refractivity contribution is -0.384. The van der Waals surface area contributed by atoms with E-state index in [4.69, 9.17) is 16.3 Å². The number of nitro benzene ring substituents is 1. The lowest BCUT2D eigenvalue weighted by Crippen LogP contribution is -2.06. The van der Waals surface area contributed by atoms with Crippen molar-refractivity contribution < 1.29 is 22.8 Å². The number of anilines is 1. The Labute approximate surface area is 180 Å². The summed E-state index contributed by atoms with van der Waals surface area (Å²) in [5.41, 5.74) is 2.03. The summed E-state index contributed by atoms with van der Waals surface area (Å²) in [7, 11) is 0. The van der Waals surface area contributed by atoms with E-state index in [1.54, 1.807) is 36.4 Å². The van der Waals surface area contributed by atoms with Gasteiger partial charge in [-0.2, -0.15) is 18.3 Å². The Morgan fingerprint density at radius 3 is 2.35 bits per heavy atom. The zero-order valence-electron chi connectivity index (χ0n) is 15.8. The molecule has 0 aliphatic rings. The van der Waals surface area contributed by atoms with Gasteiger partial charge >= 0.3 is 6.18 Å². The van der Waals surface area contributed by atoms with Gasteiger partial charge < -0.3 is 4.74 Å². The van der Waals surface area contributed by atoms with E-state index in [1.165, 1.54) is 6.21 Å². The Morgan fingerprint density at radius 2 is 1.74 bits per heavy atom. The van der Waals surface area contributed by atoms with Gasteiger partial charge in [0, 0.05) is 11.1 Å². The molecule has 31 heavy (non-hydrogen) atoms. The number of hydrogen-bond donors (Lipinski definition) is 1. The molecule has 0 fully saturated rings. The number of alkyl halides is 3. The van der Waals surface area contributed by atoms with Crippen LogP contribution in [0.5, 0.6) is 5.75 Å². The van der Waals surface area contributed by atoms with Crippen molar-refractivity contribution >= 4 is 29.2 Å². The highest BCUT2D eigenvalue weighted by atomic mass is 35.5. The number of nitro groups is 1. The van der Waals surface area contributed by atoms with Crippen LogP contribution in [0.2, 0.25) is 5.02 Å². The second kappa shape index (κ2) is 9.48. The van der Waals surface area contributed by atoms with Gasteiger partial charge in [0.05, 0.1) is 16.7 Å².